The largest absolute Gasteiger partial charge is 0.508 e. The lowest BCUT2D eigenvalue weighted by Gasteiger charge is -2.52. The quantitative estimate of drug-likeness (QED) is 0.690. The molecule has 3 heteroatoms. The van der Waals surface area contributed by atoms with Gasteiger partial charge in [0.25, 0.3) is 0 Å². The van der Waals surface area contributed by atoms with Gasteiger partial charge >= 0.3 is 0 Å². The number of hydrogen-bond donors (Lipinski definition) is 2. The highest BCUT2D eigenvalue weighted by atomic mass is 16.5. The SMILES string of the molecule is COc1ccc(/C=C\[C@]2(O)CC[C@H]3[C@@H]4CCc5cc(O)ccc5[C@H]4CC[C@@]32C)cc1. The van der Waals surface area contributed by atoms with Gasteiger partial charge in [0.05, 0.1) is 12.7 Å². The second kappa shape index (κ2) is 7.16. The van der Waals surface area contributed by atoms with Crippen molar-refractivity contribution in [3.63, 3.8) is 0 Å². The predicted molar refractivity (Wildman–Crippen MR) is 120 cm³/mol. The first-order valence-electron chi connectivity index (χ1n) is 11.3. The summed E-state index contributed by atoms with van der Waals surface area (Å²) in [5, 5.41) is 21.7. The van der Waals surface area contributed by atoms with Crippen molar-refractivity contribution in [2.24, 2.45) is 17.3 Å². The Balaban J connectivity index is 1.40. The summed E-state index contributed by atoms with van der Waals surface area (Å²) in [6, 6.07) is 14.0. The molecule has 0 bridgehead atoms. The molecule has 0 spiro atoms. The summed E-state index contributed by atoms with van der Waals surface area (Å²) in [7, 11) is 1.68. The molecule has 3 aliphatic carbocycles. The molecule has 0 aliphatic heterocycles. The molecule has 2 saturated carbocycles. The Hall–Kier alpha value is -2.26. The van der Waals surface area contributed by atoms with Crippen LogP contribution in [0.5, 0.6) is 11.5 Å². The normalized spacial score (nSPS) is 35.0. The number of benzene rings is 2. The lowest BCUT2D eigenvalue weighted by atomic mass is 9.53. The molecule has 0 aromatic heterocycles. The molecule has 2 aromatic carbocycles. The summed E-state index contributed by atoms with van der Waals surface area (Å²) in [5.41, 5.74) is 3.03. The van der Waals surface area contributed by atoms with Crippen LogP contribution < -0.4 is 4.74 Å². The third-order valence-corrected chi connectivity index (χ3v) is 8.59. The maximum Gasteiger partial charge on any atom is 0.118 e. The van der Waals surface area contributed by atoms with Gasteiger partial charge in [0, 0.05) is 5.41 Å². The highest BCUT2D eigenvalue weighted by molar-refractivity contribution is 5.52. The van der Waals surface area contributed by atoms with E-state index in [4.69, 9.17) is 4.74 Å². The van der Waals surface area contributed by atoms with Crippen LogP contribution >= 0.6 is 0 Å². The highest BCUT2D eigenvalue weighted by Gasteiger charge is 2.60. The minimum Gasteiger partial charge on any atom is -0.508 e. The average molecular weight is 405 g/mol. The Labute approximate surface area is 179 Å². The van der Waals surface area contributed by atoms with Crippen molar-refractivity contribution < 1.29 is 14.9 Å². The summed E-state index contributed by atoms with van der Waals surface area (Å²) in [6.45, 7) is 2.32. The van der Waals surface area contributed by atoms with E-state index in [-0.39, 0.29) is 5.41 Å². The molecule has 0 amide bonds. The molecule has 30 heavy (non-hydrogen) atoms. The number of fused-ring (bicyclic) bond motifs is 5. The van der Waals surface area contributed by atoms with Crippen LogP contribution in [0.25, 0.3) is 6.08 Å². The van der Waals surface area contributed by atoms with Gasteiger partial charge in [0.1, 0.15) is 11.5 Å². The molecule has 2 fully saturated rings. The first-order chi connectivity index (χ1) is 14.4. The zero-order valence-electron chi connectivity index (χ0n) is 18.0. The summed E-state index contributed by atoms with van der Waals surface area (Å²) in [5.74, 6) is 2.98. The summed E-state index contributed by atoms with van der Waals surface area (Å²) in [4.78, 5) is 0. The molecule has 5 rings (SSSR count). The lowest BCUT2D eigenvalue weighted by molar-refractivity contribution is -0.0705. The zero-order chi connectivity index (χ0) is 20.9. The number of phenols is 1. The van der Waals surface area contributed by atoms with Gasteiger partial charge in [-0.1, -0.05) is 37.3 Å². The molecule has 2 N–H and O–H groups in total. The maximum atomic E-state index is 11.8. The highest BCUT2D eigenvalue weighted by Crippen LogP contribution is 2.64. The van der Waals surface area contributed by atoms with Crippen LogP contribution in [0.4, 0.5) is 0 Å². The second-order valence-electron chi connectivity index (χ2n) is 9.82. The Morgan fingerprint density at radius 3 is 2.60 bits per heavy atom. The minimum atomic E-state index is -0.752. The molecule has 5 atom stereocenters. The van der Waals surface area contributed by atoms with Crippen molar-refractivity contribution in [2.75, 3.05) is 7.11 Å². The van der Waals surface area contributed by atoms with E-state index < -0.39 is 5.60 Å². The number of aryl methyl sites for hydroxylation is 1. The van der Waals surface area contributed by atoms with Crippen molar-refractivity contribution in [3.8, 4) is 11.5 Å². The van der Waals surface area contributed by atoms with Gasteiger partial charge in [-0.15, -0.1) is 0 Å². The van der Waals surface area contributed by atoms with Crippen molar-refractivity contribution in [2.45, 2.75) is 57.0 Å². The number of hydrogen-bond acceptors (Lipinski definition) is 3. The molecular formula is C27H32O3. The van der Waals surface area contributed by atoms with Crippen LogP contribution in [0.2, 0.25) is 0 Å². The smallest absolute Gasteiger partial charge is 0.118 e. The summed E-state index contributed by atoms with van der Waals surface area (Å²) < 4.78 is 5.25. The predicted octanol–water partition coefficient (Wildman–Crippen LogP) is 5.70. The first-order valence-corrected chi connectivity index (χ1v) is 11.3. The van der Waals surface area contributed by atoms with Crippen molar-refractivity contribution in [3.05, 3.63) is 65.2 Å². The molecule has 0 saturated heterocycles. The van der Waals surface area contributed by atoms with Crippen molar-refractivity contribution >= 4 is 6.08 Å². The lowest BCUT2D eigenvalue weighted by Crippen LogP contribution is -2.49. The van der Waals surface area contributed by atoms with Gasteiger partial charge in [-0.25, -0.2) is 0 Å². The van der Waals surface area contributed by atoms with Gasteiger partial charge in [-0.2, -0.15) is 0 Å². The standard InChI is InChI=1S/C27H32O3/c1-26-14-12-23-22-10-6-20(28)17-19(22)5-9-24(23)25(26)13-16-27(26,29)15-11-18-3-7-21(30-2)8-4-18/h3-4,6-8,10-11,15,17,23-25,28-29H,5,9,12-14,16H2,1-2H3/b15-11-/t23-,24-,25+,26+,27+/m1/s1. The third kappa shape index (κ3) is 2.98. The van der Waals surface area contributed by atoms with Gasteiger partial charge in [-0.3, -0.25) is 0 Å². The number of aliphatic hydroxyl groups is 1. The Kier molecular flexibility index (Phi) is 4.70. The van der Waals surface area contributed by atoms with Gasteiger partial charge in [0.2, 0.25) is 0 Å². The van der Waals surface area contributed by atoms with E-state index in [9.17, 15) is 10.2 Å². The first kappa shape index (κ1) is 19.7. The van der Waals surface area contributed by atoms with E-state index >= 15 is 0 Å². The minimum absolute atomic E-state index is 0.0778. The maximum absolute atomic E-state index is 11.8. The topological polar surface area (TPSA) is 49.7 Å². The van der Waals surface area contributed by atoms with Gasteiger partial charge in [0.15, 0.2) is 0 Å². The number of rotatable bonds is 3. The van der Waals surface area contributed by atoms with Crippen molar-refractivity contribution in [1.29, 1.82) is 0 Å². The molecule has 3 aliphatic rings. The fraction of sp³-hybridized carbons (Fsp3) is 0.481. The van der Waals surface area contributed by atoms with Crippen LogP contribution in [-0.2, 0) is 6.42 Å². The van der Waals surface area contributed by atoms with Crippen LogP contribution in [0, 0.1) is 17.3 Å². The summed E-state index contributed by atoms with van der Waals surface area (Å²) >= 11 is 0. The number of aromatic hydroxyl groups is 1. The average Bonchev–Trinajstić information content (AvgIpc) is 3.03. The second-order valence-corrected chi connectivity index (χ2v) is 9.82. The van der Waals surface area contributed by atoms with Gasteiger partial charge in [-0.05, 0) is 97.2 Å². The van der Waals surface area contributed by atoms with Crippen LogP contribution in [0.1, 0.15) is 61.6 Å². The van der Waals surface area contributed by atoms with Crippen molar-refractivity contribution in [1.82, 2.24) is 0 Å². The molecule has 0 unspecified atom stereocenters. The Bertz CT molecular complexity index is 963. The van der Waals surface area contributed by atoms with E-state index in [1.54, 1.807) is 7.11 Å². The number of phenolic OH excluding ortho intramolecular Hbond substituents is 1. The van der Waals surface area contributed by atoms with E-state index in [1.807, 2.05) is 36.4 Å². The van der Waals surface area contributed by atoms with Crippen LogP contribution in [0.15, 0.2) is 48.5 Å². The van der Waals surface area contributed by atoms with E-state index in [0.717, 1.165) is 43.4 Å². The molecular weight excluding hydrogens is 372 g/mol. The van der Waals surface area contributed by atoms with Gasteiger partial charge < -0.3 is 14.9 Å². The Morgan fingerprint density at radius 2 is 1.83 bits per heavy atom. The van der Waals surface area contributed by atoms with Crippen LogP contribution in [0.3, 0.4) is 0 Å². The monoisotopic (exact) mass is 404 g/mol. The molecule has 3 nitrogen and oxygen atoms in total. The fourth-order valence-electron chi connectivity index (χ4n) is 6.84. The van der Waals surface area contributed by atoms with E-state index in [1.165, 1.54) is 17.5 Å². The fourth-order valence-corrected chi connectivity index (χ4v) is 6.84. The zero-order valence-corrected chi connectivity index (χ0v) is 18.0. The van der Waals surface area contributed by atoms with E-state index in [0.29, 0.717) is 23.5 Å². The third-order valence-electron chi connectivity index (χ3n) is 8.59. The Morgan fingerprint density at radius 1 is 1.03 bits per heavy atom. The number of methoxy groups -OCH3 is 1. The van der Waals surface area contributed by atoms with E-state index in [2.05, 4.69) is 25.1 Å². The molecule has 2 aromatic rings. The number of ether oxygens (including phenoxy) is 1. The molecule has 0 heterocycles. The van der Waals surface area contributed by atoms with Crippen LogP contribution in [-0.4, -0.2) is 22.9 Å². The summed E-state index contributed by atoms with van der Waals surface area (Å²) in [6.07, 6.45) is 10.5. The molecule has 158 valence electrons. The molecule has 0 radical (unpaired) electrons.